The zero-order valence-corrected chi connectivity index (χ0v) is 14.6. The molecule has 4 aromatic rings. The number of fused-ring (bicyclic) bond motifs is 1. The Morgan fingerprint density at radius 2 is 1.58 bits per heavy atom. The van der Waals surface area contributed by atoms with Gasteiger partial charge in [-0.1, -0.05) is 66.7 Å². The third-order valence-corrected chi connectivity index (χ3v) is 4.30. The molecule has 2 heteroatoms. The van der Waals surface area contributed by atoms with Crippen molar-refractivity contribution in [2.45, 2.75) is 6.92 Å². The maximum atomic E-state index is 6.00. The molecule has 3 aromatic carbocycles. The molecule has 0 aliphatic rings. The fourth-order valence-corrected chi connectivity index (χ4v) is 2.91. The lowest BCUT2D eigenvalue weighted by atomic mass is 10.0. The number of para-hydroxylation sites is 1. The minimum absolute atomic E-state index is 0.823. The number of nitrogens with zero attached hydrogens (tertiary/aromatic N) is 1. The minimum Gasteiger partial charge on any atom is -0.457 e. The van der Waals surface area contributed by atoms with E-state index in [1.54, 1.807) is 0 Å². The summed E-state index contributed by atoms with van der Waals surface area (Å²) in [5.41, 5.74) is 3.06. The van der Waals surface area contributed by atoms with E-state index in [2.05, 4.69) is 53.5 Å². The molecule has 0 radical (unpaired) electrons. The normalized spacial score (nSPS) is 11.1. The van der Waals surface area contributed by atoms with Gasteiger partial charge in [0.25, 0.3) is 0 Å². The van der Waals surface area contributed by atoms with Crippen LogP contribution >= 0.6 is 0 Å². The summed E-state index contributed by atoms with van der Waals surface area (Å²) in [6, 6.07) is 26.5. The van der Waals surface area contributed by atoms with Crippen molar-refractivity contribution in [2.75, 3.05) is 0 Å². The highest BCUT2D eigenvalue weighted by molar-refractivity contribution is 5.92. The summed E-state index contributed by atoms with van der Waals surface area (Å²) in [7, 11) is 0. The van der Waals surface area contributed by atoms with Crippen molar-refractivity contribution in [3.8, 4) is 11.5 Å². The molecule has 0 saturated heterocycles. The predicted molar refractivity (Wildman–Crippen MR) is 108 cm³/mol. The fraction of sp³-hybridized carbons (Fsp3) is 0.0417. The molecule has 4 rings (SSSR count). The second-order valence-electron chi connectivity index (χ2n) is 6.19. The van der Waals surface area contributed by atoms with Gasteiger partial charge in [-0.05, 0) is 41.5 Å². The van der Waals surface area contributed by atoms with Crippen LogP contribution in [0.15, 0.2) is 85.1 Å². The Labute approximate surface area is 153 Å². The summed E-state index contributed by atoms with van der Waals surface area (Å²) in [6.07, 6.45) is 5.98. The van der Waals surface area contributed by atoms with Crippen molar-refractivity contribution in [3.05, 3.63) is 102 Å². The number of aromatic nitrogens is 1. The Kier molecular flexibility index (Phi) is 4.48. The van der Waals surface area contributed by atoms with Crippen LogP contribution in [-0.4, -0.2) is 4.98 Å². The van der Waals surface area contributed by atoms with Crippen LogP contribution in [-0.2, 0) is 0 Å². The van der Waals surface area contributed by atoms with Gasteiger partial charge in [0.2, 0.25) is 0 Å². The molecular formula is C24H19NO. The minimum atomic E-state index is 0.823. The van der Waals surface area contributed by atoms with Crippen molar-refractivity contribution < 1.29 is 4.74 Å². The van der Waals surface area contributed by atoms with E-state index in [9.17, 15) is 0 Å². The van der Waals surface area contributed by atoms with E-state index in [0.29, 0.717) is 0 Å². The molecule has 0 atom stereocenters. The number of ether oxygens (including phenoxy) is 1. The summed E-state index contributed by atoms with van der Waals surface area (Å²) >= 11 is 0. The van der Waals surface area contributed by atoms with Gasteiger partial charge in [-0.25, -0.2) is 0 Å². The van der Waals surface area contributed by atoms with E-state index < -0.39 is 0 Å². The summed E-state index contributed by atoms with van der Waals surface area (Å²) < 4.78 is 6.00. The van der Waals surface area contributed by atoms with E-state index in [4.69, 9.17) is 4.74 Å². The van der Waals surface area contributed by atoms with Crippen LogP contribution in [0, 0.1) is 6.92 Å². The number of aryl methyl sites for hydroxylation is 1. The number of benzene rings is 3. The molecule has 126 valence electrons. The van der Waals surface area contributed by atoms with E-state index >= 15 is 0 Å². The topological polar surface area (TPSA) is 22.1 Å². The van der Waals surface area contributed by atoms with Gasteiger partial charge in [0.1, 0.15) is 11.5 Å². The number of hydrogen-bond donors (Lipinski definition) is 0. The molecule has 0 fully saturated rings. The molecule has 0 amide bonds. The molecule has 2 nitrogen and oxygen atoms in total. The predicted octanol–water partition coefficient (Wildman–Crippen LogP) is 6.51. The quantitative estimate of drug-likeness (QED) is 0.424. The first-order chi connectivity index (χ1) is 12.8. The molecule has 1 heterocycles. The first-order valence-electron chi connectivity index (χ1n) is 8.65. The smallest absolute Gasteiger partial charge is 0.134 e. The Morgan fingerprint density at radius 3 is 2.46 bits per heavy atom. The van der Waals surface area contributed by atoms with Gasteiger partial charge in [-0.3, -0.25) is 4.98 Å². The molecule has 0 N–H and O–H groups in total. The Balaban J connectivity index is 1.64. The van der Waals surface area contributed by atoms with Gasteiger partial charge in [0, 0.05) is 17.8 Å². The number of pyridine rings is 1. The average molecular weight is 337 g/mol. The van der Waals surface area contributed by atoms with Crippen molar-refractivity contribution >= 4 is 22.9 Å². The lowest BCUT2D eigenvalue weighted by Gasteiger charge is -2.09. The highest BCUT2D eigenvalue weighted by atomic mass is 16.5. The third-order valence-electron chi connectivity index (χ3n) is 4.30. The zero-order valence-electron chi connectivity index (χ0n) is 14.6. The van der Waals surface area contributed by atoms with Crippen LogP contribution in [0.5, 0.6) is 11.5 Å². The summed E-state index contributed by atoms with van der Waals surface area (Å²) in [5, 5.41) is 2.47. The fourth-order valence-electron chi connectivity index (χ4n) is 2.91. The van der Waals surface area contributed by atoms with E-state index in [1.165, 1.54) is 16.3 Å². The number of rotatable bonds is 4. The van der Waals surface area contributed by atoms with Crippen molar-refractivity contribution in [1.29, 1.82) is 0 Å². The first-order valence-corrected chi connectivity index (χ1v) is 8.65. The summed E-state index contributed by atoms with van der Waals surface area (Å²) in [6.45, 7) is 2.00. The van der Waals surface area contributed by atoms with E-state index in [0.717, 1.165) is 22.8 Å². The first kappa shape index (κ1) is 16.1. The molecule has 0 saturated carbocycles. The molecule has 0 unspecified atom stereocenters. The Morgan fingerprint density at radius 1 is 0.808 bits per heavy atom. The maximum absolute atomic E-state index is 6.00. The zero-order chi connectivity index (χ0) is 17.8. The maximum Gasteiger partial charge on any atom is 0.134 e. The largest absolute Gasteiger partial charge is 0.457 e. The lowest BCUT2D eigenvalue weighted by Crippen LogP contribution is -1.90. The van der Waals surface area contributed by atoms with Crippen molar-refractivity contribution in [1.82, 2.24) is 4.98 Å². The van der Waals surface area contributed by atoms with Crippen LogP contribution in [0.2, 0.25) is 0 Å². The van der Waals surface area contributed by atoms with Gasteiger partial charge in [-0.2, -0.15) is 0 Å². The molecule has 0 aliphatic heterocycles. The van der Waals surface area contributed by atoms with Crippen LogP contribution in [0.25, 0.3) is 22.9 Å². The number of hydrogen-bond acceptors (Lipinski definition) is 2. The van der Waals surface area contributed by atoms with Gasteiger partial charge in [0.15, 0.2) is 0 Å². The second kappa shape index (κ2) is 7.24. The van der Waals surface area contributed by atoms with Gasteiger partial charge < -0.3 is 4.74 Å². The standard InChI is InChI=1S/C24H19NO/c1-18-17-25-21(16-24(18)26-22-11-3-2-4-12-22)15-14-20-10-7-9-19-8-5-6-13-23(19)20/h2-17H,1H3/b15-14+. The molecule has 1 aromatic heterocycles. The van der Waals surface area contributed by atoms with Crippen LogP contribution in [0.1, 0.15) is 16.8 Å². The van der Waals surface area contributed by atoms with Gasteiger partial charge in [-0.15, -0.1) is 0 Å². The third kappa shape index (κ3) is 3.50. The van der Waals surface area contributed by atoms with Gasteiger partial charge >= 0.3 is 0 Å². The second-order valence-corrected chi connectivity index (χ2v) is 6.19. The Hall–Kier alpha value is -3.39. The van der Waals surface area contributed by atoms with E-state index in [-0.39, 0.29) is 0 Å². The van der Waals surface area contributed by atoms with Crippen molar-refractivity contribution in [3.63, 3.8) is 0 Å². The summed E-state index contributed by atoms with van der Waals surface area (Å²) in [5.74, 6) is 1.65. The summed E-state index contributed by atoms with van der Waals surface area (Å²) in [4.78, 5) is 4.51. The molecular weight excluding hydrogens is 318 g/mol. The van der Waals surface area contributed by atoms with Gasteiger partial charge in [0.05, 0.1) is 5.69 Å². The highest BCUT2D eigenvalue weighted by Crippen LogP contribution is 2.26. The van der Waals surface area contributed by atoms with Crippen LogP contribution in [0.3, 0.4) is 0 Å². The Bertz CT molecular complexity index is 1060. The molecule has 0 bridgehead atoms. The van der Waals surface area contributed by atoms with Crippen LogP contribution in [0.4, 0.5) is 0 Å². The SMILES string of the molecule is Cc1cnc(/C=C/c2cccc3ccccc23)cc1Oc1ccccc1. The van der Waals surface area contributed by atoms with E-state index in [1.807, 2.05) is 55.6 Å². The van der Waals surface area contributed by atoms with Crippen LogP contribution < -0.4 is 4.74 Å². The monoisotopic (exact) mass is 337 g/mol. The molecule has 26 heavy (non-hydrogen) atoms. The highest BCUT2D eigenvalue weighted by Gasteiger charge is 2.03. The molecule has 0 aliphatic carbocycles. The lowest BCUT2D eigenvalue weighted by molar-refractivity contribution is 0.478. The van der Waals surface area contributed by atoms with Crippen molar-refractivity contribution in [2.24, 2.45) is 0 Å². The average Bonchev–Trinajstić information content (AvgIpc) is 2.69. The molecule has 0 spiro atoms.